The average molecular weight is 285 g/mol. The zero-order chi connectivity index (χ0) is 14.8. The standard InChI is InChI=1S/C13H11N5O3/c19-12(20)5-8-6-18(17-16-8)7-11-13(21)15-10-4-2-1-3-9(10)14-11/h1-4,6H,5,7H2,(H,15,21)(H,19,20). The van der Waals surface area contributed by atoms with Gasteiger partial charge in [0, 0.05) is 6.20 Å². The summed E-state index contributed by atoms with van der Waals surface area (Å²) in [5.41, 5.74) is 1.67. The van der Waals surface area contributed by atoms with Crippen LogP contribution in [0.1, 0.15) is 11.4 Å². The van der Waals surface area contributed by atoms with Crippen LogP contribution >= 0.6 is 0 Å². The van der Waals surface area contributed by atoms with Crippen molar-refractivity contribution in [2.24, 2.45) is 0 Å². The van der Waals surface area contributed by atoms with Gasteiger partial charge in [0.1, 0.15) is 5.69 Å². The molecular weight excluding hydrogens is 274 g/mol. The average Bonchev–Trinajstić information content (AvgIpc) is 2.86. The second-order valence-corrected chi connectivity index (χ2v) is 4.51. The Labute approximate surface area is 118 Å². The smallest absolute Gasteiger partial charge is 0.309 e. The number of carbonyl (C=O) groups is 1. The fraction of sp³-hybridized carbons (Fsp3) is 0.154. The van der Waals surface area contributed by atoms with Crippen molar-refractivity contribution in [2.45, 2.75) is 13.0 Å². The number of carboxylic acids is 1. The predicted molar refractivity (Wildman–Crippen MR) is 72.8 cm³/mol. The van der Waals surface area contributed by atoms with Gasteiger partial charge in [-0.3, -0.25) is 9.59 Å². The third kappa shape index (κ3) is 2.78. The predicted octanol–water partition coefficient (Wildman–Crippen LogP) is 0.190. The minimum absolute atomic E-state index is 0.132. The number of para-hydroxylation sites is 2. The number of aromatic nitrogens is 5. The lowest BCUT2D eigenvalue weighted by Crippen LogP contribution is -2.18. The first kappa shape index (κ1) is 13.0. The highest BCUT2D eigenvalue weighted by Gasteiger charge is 2.09. The molecule has 0 fully saturated rings. The van der Waals surface area contributed by atoms with Gasteiger partial charge in [0.2, 0.25) is 0 Å². The molecule has 0 spiro atoms. The van der Waals surface area contributed by atoms with E-state index in [1.807, 2.05) is 12.1 Å². The fourth-order valence-corrected chi connectivity index (χ4v) is 1.98. The Balaban J connectivity index is 1.90. The van der Waals surface area contributed by atoms with Crippen LogP contribution in [0.4, 0.5) is 0 Å². The highest BCUT2D eigenvalue weighted by Crippen LogP contribution is 2.06. The molecule has 2 heterocycles. The molecule has 0 aliphatic carbocycles. The van der Waals surface area contributed by atoms with Crippen molar-refractivity contribution in [3.05, 3.63) is 52.2 Å². The lowest BCUT2D eigenvalue weighted by atomic mass is 10.3. The first-order valence-corrected chi connectivity index (χ1v) is 6.20. The Bertz CT molecular complexity index is 867. The molecule has 0 saturated heterocycles. The van der Waals surface area contributed by atoms with Crippen LogP contribution < -0.4 is 5.56 Å². The minimum Gasteiger partial charge on any atom is -0.481 e. The maximum Gasteiger partial charge on any atom is 0.309 e. The molecule has 1 aromatic carbocycles. The van der Waals surface area contributed by atoms with E-state index in [1.165, 1.54) is 10.9 Å². The molecule has 0 atom stereocenters. The van der Waals surface area contributed by atoms with E-state index in [4.69, 9.17) is 5.11 Å². The second-order valence-electron chi connectivity index (χ2n) is 4.51. The Morgan fingerprint density at radius 2 is 2.14 bits per heavy atom. The summed E-state index contributed by atoms with van der Waals surface area (Å²) in [5, 5.41) is 16.2. The first-order valence-electron chi connectivity index (χ1n) is 6.20. The maximum atomic E-state index is 11.9. The minimum atomic E-state index is -0.983. The lowest BCUT2D eigenvalue weighted by molar-refractivity contribution is -0.136. The summed E-state index contributed by atoms with van der Waals surface area (Å²) in [4.78, 5) is 29.6. The Hall–Kier alpha value is -3.03. The van der Waals surface area contributed by atoms with Crippen LogP contribution in [0.5, 0.6) is 0 Å². The van der Waals surface area contributed by atoms with E-state index in [2.05, 4.69) is 20.3 Å². The molecule has 0 unspecified atom stereocenters. The highest BCUT2D eigenvalue weighted by atomic mass is 16.4. The molecule has 106 valence electrons. The molecule has 3 aromatic rings. The maximum absolute atomic E-state index is 11.9. The van der Waals surface area contributed by atoms with E-state index >= 15 is 0 Å². The van der Waals surface area contributed by atoms with Crippen molar-refractivity contribution < 1.29 is 9.90 Å². The van der Waals surface area contributed by atoms with Crippen LogP contribution in [0.3, 0.4) is 0 Å². The third-order valence-electron chi connectivity index (χ3n) is 2.90. The number of nitrogens with zero attached hydrogens (tertiary/aromatic N) is 4. The van der Waals surface area contributed by atoms with Crippen molar-refractivity contribution in [1.82, 2.24) is 25.0 Å². The number of H-pyrrole nitrogens is 1. The van der Waals surface area contributed by atoms with E-state index < -0.39 is 5.97 Å². The molecule has 2 aromatic heterocycles. The zero-order valence-corrected chi connectivity index (χ0v) is 10.9. The van der Waals surface area contributed by atoms with E-state index in [9.17, 15) is 9.59 Å². The number of hydrogen-bond acceptors (Lipinski definition) is 5. The molecule has 8 heteroatoms. The van der Waals surface area contributed by atoms with Crippen LogP contribution in [0.15, 0.2) is 35.3 Å². The van der Waals surface area contributed by atoms with Gasteiger partial charge in [-0.15, -0.1) is 5.10 Å². The number of fused-ring (bicyclic) bond motifs is 1. The molecular formula is C13H11N5O3. The van der Waals surface area contributed by atoms with Crippen molar-refractivity contribution >= 4 is 17.0 Å². The highest BCUT2D eigenvalue weighted by molar-refractivity contribution is 5.73. The van der Waals surface area contributed by atoms with E-state index in [-0.39, 0.29) is 18.5 Å². The van der Waals surface area contributed by atoms with Crippen molar-refractivity contribution in [2.75, 3.05) is 0 Å². The van der Waals surface area contributed by atoms with Gasteiger partial charge >= 0.3 is 5.97 Å². The molecule has 0 bridgehead atoms. The topological polar surface area (TPSA) is 114 Å². The summed E-state index contributed by atoms with van der Waals surface area (Å²) in [5.74, 6) is -0.983. The number of rotatable bonds is 4. The second kappa shape index (κ2) is 5.16. The van der Waals surface area contributed by atoms with Crippen LogP contribution in [0.2, 0.25) is 0 Å². The Morgan fingerprint density at radius 3 is 2.95 bits per heavy atom. The summed E-state index contributed by atoms with van der Waals surface area (Å²) in [6.45, 7) is 0.132. The fourth-order valence-electron chi connectivity index (χ4n) is 1.98. The van der Waals surface area contributed by atoms with Gasteiger partial charge in [-0.25, -0.2) is 9.67 Å². The largest absolute Gasteiger partial charge is 0.481 e. The summed E-state index contributed by atoms with van der Waals surface area (Å²) in [6.07, 6.45) is 1.28. The first-order chi connectivity index (χ1) is 10.1. The normalized spacial score (nSPS) is 10.9. The number of nitrogens with one attached hydrogen (secondary N) is 1. The summed E-state index contributed by atoms with van der Waals surface area (Å²) >= 11 is 0. The molecule has 0 saturated carbocycles. The van der Waals surface area contributed by atoms with Gasteiger partial charge in [-0.1, -0.05) is 17.3 Å². The zero-order valence-electron chi connectivity index (χ0n) is 10.9. The quantitative estimate of drug-likeness (QED) is 0.707. The van der Waals surface area contributed by atoms with Crippen molar-refractivity contribution in [3.8, 4) is 0 Å². The molecule has 0 aliphatic rings. The SMILES string of the molecule is O=C(O)Cc1cn(Cc2nc3ccccc3[nH]c2=O)nn1. The summed E-state index contributed by atoms with van der Waals surface area (Å²) < 4.78 is 1.39. The van der Waals surface area contributed by atoms with E-state index in [0.717, 1.165) is 0 Å². The molecule has 8 nitrogen and oxygen atoms in total. The monoisotopic (exact) mass is 285 g/mol. The van der Waals surface area contributed by atoms with Crippen molar-refractivity contribution in [1.29, 1.82) is 0 Å². The van der Waals surface area contributed by atoms with Gasteiger partial charge in [-0.2, -0.15) is 0 Å². The van der Waals surface area contributed by atoms with Gasteiger partial charge < -0.3 is 10.1 Å². The molecule has 3 rings (SSSR count). The van der Waals surface area contributed by atoms with Crippen molar-refractivity contribution in [3.63, 3.8) is 0 Å². The molecule has 2 N–H and O–H groups in total. The molecule has 0 radical (unpaired) electrons. The van der Waals surface area contributed by atoms with E-state index in [1.54, 1.807) is 12.1 Å². The Kier molecular flexibility index (Phi) is 3.19. The summed E-state index contributed by atoms with van der Waals surface area (Å²) in [6, 6.07) is 7.22. The molecule has 21 heavy (non-hydrogen) atoms. The summed E-state index contributed by atoms with van der Waals surface area (Å²) in [7, 11) is 0. The van der Waals surface area contributed by atoms with Crippen LogP contribution in [-0.2, 0) is 17.8 Å². The number of aliphatic carboxylic acids is 1. The van der Waals surface area contributed by atoms with Gasteiger partial charge in [0.05, 0.1) is 29.7 Å². The van der Waals surface area contributed by atoms with Gasteiger partial charge in [0.15, 0.2) is 0 Å². The molecule has 0 aliphatic heterocycles. The van der Waals surface area contributed by atoms with Crippen LogP contribution in [-0.4, -0.2) is 36.0 Å². The van der Waals surface area contributed by atoms with Gasteiger partial charge in [0.25, 0.3) is 5.56 Å². The van der Waals surface area contributed by atoms with E-state index in [0.29, 0.717) is 22.4 Å². The number of benzene rings is 1. The number of hydrogen-bond donors (Lipinski definition) is 2. The van der Waals surface area contributed by atoms with Crippen LogP contribution in [0.25, 0.3) is 11.0 Å². The van der Waals surface area contributed by atoms with Gasteiger partial charge in [-0.05, 0) is 12.1 Å². The van der Waals surface area contributed by atoms with Crippen LogP contribution in [0, 0.1) is 0 Å². The third-order valence-corrected chi connectivity index (χ3v) is 2.90. The lowest BCUT2D eigenvalue weighted by Gasteiger charge is -2.02. The number of carboxylic acid groups (broad SMARTS) is 1. The number of aromatic amines is 1. The molecule has 0 amide bonds. The Morgan fingerprint density at radius 1 is 1.33 bits per heavy atom.